The molecule has 0 aliphatic heterocycles. The minimum absolute atomic E-state index is 0.0560. The predicted octanol–water partition coefficient (Wildman–Crippen LogP) is 1.18. The molecule has 0 aliphatic rings. The number of methoxy groups -OCH3 is 1. The summed E-state index contributed by atoms with van der Waals surface area (Å²) in [6.45, 7) is -2.31. The zero-order valence-corrected chi connectivity index (χ0v) is 15.4. The Morgan fingerprint density at radius 2 is 2.11 bits per heavy atom. The molecule has 0 fully saturated rings. The topological polar surface area (TPSA) is 102 Å². The van der Waals surface area contributed by atoms with Gasteiger partial charge in [0.05, 0.1) is 11.5 Å². The van der Waals surface area contributed by atoms with Crippen molar-refractivity contribution in [2.45, 2.75) is 17.9 Å². The quantitative estimate of drug-likeness (QED) is 0.581. The summed E-state index contributed by atoms with van der Waals surface area (Å²) >= 11 is 0. The maximum absolute atomic E-state index is 12.7. The molecular weight excluding hydrogens is 382 g/mol. The fourth-order valence-electron chi connectivity index (χ4n) is 2.27. The summed E-state index contributed by atoms with van der Waals surface area (Å²) in [5.74, 6) is -0.372. The molecule has 0 radical (unpaired) electrons. The first-order valence-electron chi connectivity index (χ1n) is 8.02. The van der Waals surface area contributed by atoms with E-state index in [2.05, 4.69) is 15.0 Å². The summed E-state index contributed by atoms with van der Waals surface area (Å²) in [4.78, 5) is 16.0. The first kappa shape index (κ1) is 20.9. The van der Waals surface area contributed by atoms with Gasteiger partial charge in [0.2, 0.25) is 10.0 Å². The van der Waals surface area contributed by atoms with E-state index in [9.17, 15) is 22.0 Å². The number of amides is 1. The second kappa shape index (κ2) is 9.53. The molecule has 1 aromatic heterocycles. The van der Waals surface area contributed by atoms with Crippen LogP contribution in [0, 0.1) is 0 Å². The summed E-state index contributed by atoms with van der Waals surface area (Å²) in [6.07, 6.45) is 2.53. The normalized spacial score (nSPS) is 11.7. The number of hydrogen-bond acceptors (Lipinski definition) is 5. The fourth-order valence-corrected chi connectivity index (χ4v) is 3.33. The molecule has 0 aliphatic carbocycles. The second-order valence-corrected chi connectivity index (χ2v) is 7.22. The number of carbonyl (C=O) groups excluding carboxylic acids is 1. The third-order valence-corrected chi connectivity index (χ3v) is 5.06. The van der Waals surface area contributed by atoms with Crippen molar-refractivity contribution in [1.82, 2.24) is 19.6 Å². The number of carbonyl (C=O) groups is 1. The average Bonchev–Trinajstić information content (AvgIpc) is 3.11. The molecule has 0 atom stereocenters. The summed E-state index contributed by atoms with van der Waals surface area (Å²) in [6, 6.07) is 5.52. The number of hydrogen-bond donors (Lipinski definition) is 2. The molecule has 1 aromatic carbocycles. The van der Waals surface area contributed by atoms with Crippen LogP contribution < -0.4 is 10.0 Å². The van der Waals surface area contributed by atoms with Crippen LogP contribution in [0.5, 0.6) is 0 Å². The number of halogens is 2. The monoisotopic (exact) mass is 402 g/mol. The van der Waals surface area contributed by atoms with E-state index in [1.165, 1.54) is 37.6 Å². The molecule has 8 nitrogen and oxygen atoms in total. The first-order chi connectivity index (χ1) is 12.8. The fraction of sp³-hybridized carbons (Fsp3) is 0.375. The standard InChI is InChI=1S/C16H20F2N4O4S/c1-26-10-8-21-27(24,25)13-4-2-3-12(11-13)15(23)20-6-5-14-19-7-9-22(14)16(17)18/h2-4,7,9,11,16,21H,5-6,8,10H2,1H3,(H,20,23). The molecule has 0 unspecified atom stereocenters. The largest absolute Gasteiger partial charge is 0.383 e. The Kier molecular flexibility index (Phi) is 7.39. The van der Waals surface area contributed by atoms with Gasteiger partial charge >= 0.3 is 6.55 Å². The van der Waals surface area contributed by atoms with Crippen molar-refractivity contribution >= 4 is 15.9 Å². The van der Waals surface area contributed by atoms with Crippen LogP contribution in [0.1, 0.15) is 22.7 Å². The zero-order chi connectivity index (χ0) is 19.9. The Morgan fingerprint density at radius 1 is 1.33 bits per heavy atom. The molecule has 11 heteroatoms. The molecule has 2 N–H and O–H groups in total. The summed E-state index contributed by atoms with van der Waals surface area (Å²) in [5, 5.41) is 2.56. The Balaban J connectivity index is 1.97. The van der Waals surface area contributed by atoms with Crippen LogP contribution in [0.2, 0.25) is 0 Å². The number of nitrogens with one attached hydrogen (secondary N) is 2. The van der Waals surface area contributed by atoms with Crippen molar-refractivity contribution in [2.75, 3.05) is 26.8 Å². The minimum Gasteiger partial charge on any atom is -0.383 e. The van der Waals surface area contributed by atoms with Crippen LogP contribution in [0.25, 0.3) is 0 Å². The summed E-state index contributed by atoms with van der Waals surface area (Å²) < 4.78 is 57.7. The average molecular weight is 402 g/mol. The smallest absolute Gasteiger partial charge is 0.319 e. The van der Waals surface area contributed by atoms with Crippen LogP contribution in [0.3, 0.4) is 0 Å². The molecule has 2 aromatic rings. The van der Waals surface area contributed by atoms with Gasteiger partial charge in [-0.15, -0.1) is 0 Å². The minimum atomic E-state index is -3.77. The van der Waals surface area contributed by atoms with Crippen molar-refractivity contribution < 1.29 is 26.7 Å². The third kappa shape index (κ3) is 5.81. The molecule has 0 saturated carbocycles. The number of alkyl halides is 2. The van der Waals surface area contributed by atoms with Crippen molar-refractivity contribution in [3.8, 4) is 0 Å². The van der Waals surface area contributed by atoms with Crippen LogP contribution >= 0.6 is 0 Å². The van der Waals surface area contributed by atoms with Gasteiger partial charge in [-0.05, 0) is 18.2 Å². The van der Waals surface area contributed by atoms with E-state index in [1.54, 1.807) is 0 Å². The zero-order valence-electron chi connectivity index (χ0n) is 14.6. The van der Waals surface area contributed by atoms with E-state index < -0.39 is 22.5 Å². The third-order valence-electron chi connectivity index (χ3n) is 3.60. The van der Waals surface area contributed by atoms with E-state index in [0.29, 0.717) is 4.57 Å². The van der Waals surface area contributed by atoms with Gasteiger partial charge in [0, 0.05) is 44.6 Å². The van der Waals surface area contributed by atoms with E-state index in [4.69, 9.17) is 4.74 Å². The molecule has 1 heterocycles. The Morgan fingerprint density at radius 3 is 2.81 bits per heavy atom. The Bertz CT molecular complexity index is 871. The van der Waals surface area contributed by atoms with Gasteiger partial charge in [-0.3, -0.25) is 9.36 Å². The molecule has 1 amide bonds. The number of rotatable bonds is 10. The molecule has 0 saturated heterocycles. The highest BCUT2D eigenvalue weighted by molar-refractivity contribution is 7.89. The van der Waals surface area contributed by atoms with Crippen molar-refractivity contribution in [3.05, 3.63) is 48.0 Å². The van der Waals surface area contributed by atoms with Gasteiger partial charge in [-0.25, -0.2) is 18.1 Å². The van der Waals surface area contributed by atoms with Crippen molar-refractivity contribution in [1.29, 1.82) is 0 Å². The first-order valence-corrected chi connectivity index (χ1v) is 9.50. The van der Waals surface area contributed by atoms with Gasteiger partial charge in [0.1, 0.15) is 5.82 Å². The molecular formula is C16H20F2N4O4S. The number of sulfonamides is 1. The van der Waals surface area contributed by atoms with Gasteiger partial charge in [-0.2, -0.15) is 8.78 Å². The van der Waals surface area contributed by atoms with Gasteiger partial charge in [0.15, 0.2) is 0 Å². The van der Waals surface area contributed by atoms with Crippen molar-refractivity contribution in [3.63, 3.8) is 0 Å². The predicted molar refractivity (Wildman–Crippen MR) is 93.0 cm³/mol. The molecule has 0 spiro atoms. The number of imidazole rings is 1. The highest BCUT2D eigenvalue weighted by Crippen LogP contribution is 2.13. The second-order valence-electron chi connectivity index (χ2n) is 5.45. The van der Waals surface area contributed by atoms with Gasteiger partial charge in [0.25, 0.3) is 5.91 Å². The highest BCUT2D eigenvalue weighted by Gasteiger charge is 2.16. The summed E-state index contributed by atoms with van der Waals surface area (Å²) in [7, 11) is -2.31. The van der Waals surface area contributed by atoms with Crippen LogP contribution in [-0.4, -0.2) is 50.7 Å². The lowest BCUT2D eigenvalue weighted by atomic mass is 10.2. The van der Waals surface area contributed by atoms with E-state index in [0.717, 1.165) is 6.20 Å². The Labute approximate surface area is 155 Å². The number of ether oxygens (including phenoxy) is 1. The molecule has 27 heavy (non-hydrogen) atoms. The lowest BCUT2D eigenvalue weighted by molar-refractivity contribution is 0.0670. The maximum Gasteiger partial charge on any atom is 0.319 e. The molecule has 148 valence electrons. The van der Waals surface area contributed by atoms with Gasteiger partial charge < -0.3 is 10.1 Å². The van der Waals surface area contributed by atoms with Gasteiger partial charge in [-0.1, -0.05) is 6.07 Å². The number of nitrogens with zero attached hydrogens (tertiary/aromatic N) is 2. The van der Waals surface area contributed by atoms with E-state index >= 15 is 0 Å². The van der Waals surface area contributed by atoms with Crippen LogP contribution in [0.15, 0.2) is 41.6 Å². The lowest BCUT2D eigenvalue weighted by Gasteiger charge is -2.09. The lowest BCUT2D eigenvalue weighted by Crippen LogP contribution is -2.29. The maximum atomic E-state index is 12.7. The van der Waals surface area contributed by atoms with E-state index in [1.807, 2.05) is 0 Å². The van der Waals surface area contributed by atoms with Crippen LogP contribution in [0.4, 0.5) is 8.78 Å². The number of benzene rings is 1. The number of aromatic nitrogens is 2. The van der Waals surface area contributed by atoms with Crippen molar-refractivity contribution in [2.24, 2.45) is 0 Å². The molecule has 0 bridgehead atoms. The molecule has 2 rings (SSSR count). The Hall–Kier alpha value is -2.37. The highest BCUT2D eigenvalue weighted by atomic mass is 32.2. The SMILES string of the molecule is COCCNS(=O)(=O)c1cccc(C(=O)NCCc2nccn2C(F)F)c1. The van der Waals surface area contributed by atoms with Crippen LogP contribution in [-0.2, 0) is 21.2 Å². The summed E-state index contributed by atoms with van der Waals surface area (Å²) in [5.41, 5.74) is 0.141. The van der Waals surface area contributed by atoms with E-state index in [-0.39, 0.29) is 42.4 Å².